The van der Waals surface area contributed by atoms with Crippen molar-refractivity contribution in [1.29, 1.82) is 0 Å². The smallest absolute Gasteiger partial charge is 0.118 e. The summed E-state index contributed by atoms with van der Waals surface area (Å²) in [4.78, 5) is 0. The molecule has 1 rings (SSSR count). The van der Waals surface area contributed by atoms with Crippen LogP contribution in [0.1, 0.15) is 26.3 Å². The zero-order valence-corrected chi connectivity index (χ0v) is 11.5. The van der Waals surface area contributed by atoms with Gasteiger partial charge in [-0.25, -0.2) is 0 Å². The lowest BCUT2D eigenvalue weighted by Gasteiger charge is -2.16. The normalized spacial score (nSPS) is 12.8. The predicted octanol–water partition coefficient (Wildman–Crippen LogP) is 3.12. The molecule has 2 nitrogen and oxygen atoms in total. The van der Waals surface area contributed by atoms with E-state index in [-0.39, 0.29) is 0 Å². The first-order valence-electron chi connectivity index (χ1n) is 6.47. The van der Waals surface area contributed by atoms with E-state index in [0.717, 1.165) is 37.1 Å². The molecule has 0 heterocycles. The number of nitrogens with one attached hydrogen (secondary N) is 1. The Morgan fingerprint density at radius 3 is 2.29 bits per heavy atom. The van der Waals surface area contributed by atoms with E-state index in [0.29, 0.717) is 0 Å². The molecule has 2 heteroatoms. The zero-order chi connectivity index (χ0) is 12.7. The maximum absolute atomic E-state index is 5.14. The molecule has 0 aliphatic rings. The molecule has 1 N–H and O–H groups in total. The van der Waals surface area contributed by atoms with Gasteiger partial charge in [-0.3, -0.25) is 0 Å². The lowest BCUT2D eigenvalue weighted by molar-refractivity contribution is 0.394. The number of rotatable bonds is 7. The Balaban J connectivity index is 2.22. The largest absolute Gasteiger partial charge is 0.497 e. The minimum Gasteiger partial charge on any atom is -0.497 e. The molecule has 0 radical (unpaired) electrons. The van der Waals surface area contributed by atoms with Gasteiger partial charge in [0.1, 0.15) is 5.75 Å². The van der Waals surface area contributed by atoms with Gasteiger partial charge in [0.25, 0.3) is 0 Å². The molecule has 0 saturated carbocycles. The molecule has 1 aromatic carbocycles. The van der Waals surface area contributed by atoms with Gasteiger partial charge in [-0.2, -0.15) is 0 Å². The van der Waals surface area contributed by atoms with Gasteiger partial charge in [-0.15, -0.1) is 0 Å². The van der Waals surface area contributed by atoms with E-state index in [1.165, 1.54) is 5.56 Å². The van der Waals surface area contributed by atoms with E-state index < -0.39 is 0 Å². The van der Waals surface area contributed by atoms with Crippen LogP contribution in [0.3, 0.4) is 0 Å². The Morgan fingerprint density at radius 2 is 1.76 bits per heavy atom. The van der Waals surface area contributed by atoms with Crippen LogP contribution in [0.25, 0.3) is 0 Å². The van der Waals surface area contributed by atoms with Gasteiger partial charge >= 0.3 is 0 Å². The average molecular weight is 235 g/mol. The molecule has 0 fully saturated rings. The highest BCUT2D eigenvalue weighted by Gasteiger charge is 2.05. The quantitative estimate of drug-likeness (QED) is 0.733. The van der Waals surface area contributed by atoms with E-state index in [1.54, 1.807) is 7.11 Å². The van der Waals surface area contributed by atoms with Crippen molar-refractivity contribution in [2.75, 3.05) is 20.2 Å². The van der Waals surface area contributed by atoms with E-state index in [2.05, 4.69) is 38.2 Å². The molecule has 96 valence electrons. The van der Waals surface area contributed by atoms with E-state index >= 15 is 0 Å². The second kappa shape index (κ2) is 7.33. The summed E-state index contributed by atoms with van der Waals surface area (Å²) in [5.41, 5.74) is 1.36. The molecule has 0 aromatic heterocycles. The fraction of sp³-hybridized carbons (Fsp3) is 0.600. The van der Waals surface area contributed by atoms with Crippen LogP contribution < -0.4 is 10.1 Å². The van der Waals surface area contributed by atoms with E-state index in [4.69, 9.17) is 4.74 Å². The summed E-state index contributed by atoms with van der Waals surface area (Å²) in [6.45, 7) is 8.99. The highest BCUT2D eigenvalue weighted by atomic mass is 16.5. The van der Waals surface area contributed by atoms with Crippen LogP contribution in [-0.4, -0.2) is 20.2 Å². The van der Waals surface area contributed by atoms with Crippen LogP contribution >= 0.6 is 0 Å². The Bertz CT molecular complexity index is 305. The summed E-state index contributed by atoms with van der Waals surface area (Å²) in [7, 11) is 1.70. The van der Waals surface area contributed by atoms with Crippen molar-refractivity contribution < 1.29 is 4.74 Å². The van der Waals surface area contributed by atoms with E-state index in [9.17, 15) is 0 Å². The summed E-state index contributed by atoms with van der Waals surface area (Å²) in [5.74, 6) is 2.42. The maximum atomic E-state index is 5.14. The Hall–Kier alpha value is -1.02. The van der Waals surface area contributed by atoms with Gasteiger partial charge in [0.15, 0.2) is 0 Å². The fourth-order valence-electron chi connectivity index (χ4n) is 1.59. The molecule has 1 aromatic rings. The second-order valence-corrected chi connectivity index (χ2v) is 5.02. The van der Waals surface area contributed by atoms with Gasteiger partial charge in [-0.1, -0.05) is 32.9 Å². The van der Waals surface area contributed by atoms with Crippen molar-refractivity contribution in [3.8, 4) is 5.75 Å². The summed E-state index contributed by atoms with van der Waals surface area (Å²) >= 11 is 0. The minimum atomic E-state index is 0.742. The molecular weight excluding hydrogens is 210 g/mol. The molecule has 0 saturated heterocycles. The summed E-state index contributed by atoms with van der Waals surface area (Å²) in [5, 5.41) is 3.51. The molecule has 0 amide bonds. The van der Waals surface area contributed by atoms with Crippen LogP contribution in [0.4, 0.5) is 0 Å². The Morgan fingerprint density at radius 1 is 1.12 bits per heavy atom. The first-order chi connectivity index (χ1) is 8.13. The second-order valence-electron chi connectivity index (χ2n) is 5.02. The number of hydrogen-bond donors (Lipinski definition) is 1. The van der Waals surface area contributed by atoms with Crippen molar-refractivity contribution in [2.24, 2.45) is 11.8 Å². The van der Waals surface area contributed by atoms with E-state index in [1.807, 2.05) is 12.1 Å². The van der Waals surface area contributed by atoms with Crippen molar-refractivity contribution in [3.63, 3.8) is 0 Å². The molecule has 1 unspecified atom stereocenters. The Kier molecular flexibility index (Phi) is 6.06. The van der Waals surface area contributed by atoms with Crippen LogP contribution in [0.2, 0.25) is 0 Å². The molecule has 0 aliphatic heterocycles. The first kappa shape index (κ1) is 14.0. The first-order valence-corrected chi connectivity index (χ1v) is 6.47. The summed E-state index contributed by atoms with van der Waals surface area (Å²) in [6, 6.07) is 8.30. The fourth-order valence-corrected chi connectivity index (χ4v) is 1.59. The van der Waals surface area contributed by atoms with Crippen molar-refractivity contribution in [3.05, 3.63) is 29.8 Å². The SMILES string of the molecule is COc1ccc(CCNCC(C)C(C)C)cc1. The van der Waals surface area contributed by atoms with Crippen LogP contribution in [0.5, 0.6) is 5.75 Å². The van der Waals surface area contributed by atoms with Gasteiger partial charge in [-0.05, 0) is 49.0 Å². The number of benzene rings is 1. The molecule has 0 spiro atoms. The van der Waals surface area contributed by atoms with Gasteiger partial charge in [0.2, 0.25) is 0 Å². The summed E-state index contributed by atoms with van der Waals surface area (Å²) < 4.78 is 5.14. The molecular formula is C15H25NO. The monoisotopic (exact) mass is 235 g/mol. The van der Waals surface area contributed by atoms with Crippen LogP contribution in [0, 0.1) is 11.8 Å². The third kappa shape index (κ3) is 5.22. The lowest BCUT2D eigenvalue weighted by atomic mass is 9.98. The molecule has 17 heavy (non-hydrogen) atoms. The lowest BCUT2D eigenvalue weighted by Crippen LogP contribution is -2.26. The number of hydrogen-bond acceptors (Lipinski definition) is 2. The minimum absolute atomic E-state index is 0.742. The van der Waals surface area contributed by atoms with Gasteiger partial charge in [0.05, 0.1) is 7.11 Å². The Labute approximate surface area is 105 Å². The molecule has 0 bridgehead atoms. The number of ether oxygens (including phenoxy) is 1. The molecule has 0 aliphatic carbocycles. The van der Waals surface area contributed by atoms with Crippen molar-refractivity contribution >= 4 is 0 Å². The predicted molar refractivity (Wildman–Crippen MR) is 73.6 cm³/mol. The standard InChI is InChI=1S/C15H25NO/c1-12(2)13(3)11-16-10-9-14-5-7-15(17-4)8-6-14/h5-8,12-13,16H,9-11H2,1-4H3. The third-order valence-corrected chi connectivity index (χ3v) is 3.35. The van der Waals surface area contributed by atoms with Gasteiger partial charge < -0.3 is 10.1 Å². The third-order valence-electron chi connectivity index (χ3n) is 3.35. The van der Waals surface area contributed by atoms with Crippen LogP contribution in [0.15, 0.2) is 24.3 Å². The highest BCUT2D eigenvalue weighted by molar-refractivity contribution is 5.27. The summed E-state index contributed by atoms with van der Waals surface area (Å²) in [6.07, 6.45) is 1.08. The highest BCUT2D eigenvalue weighted by Crippen LogP contribution is 2.11. The van der Waals surface area contributed by atoms with Gasteiger partial charge in [0, 0.05) is 0 Å². The maximum Gasteiger partial charge on any atom is 0.118 e. The topological polar surface area (TPSA) is 21.3 Å². The van der Waals surface area contributed by atoms with Crippen molar-refractivity contribution in [1.82, 2.24) is 5.32 Å². The van der Waals surface area contributed by atoms with Crippen LogP contribution in [-0.2, 0) is 6.42 Å². The zero-order valence-electron chi connectivity index (χ0n) is 11.5. The average Bonchev–Trinajstić information content (AvgIpc) is 2.35. The number of methoxy groups -OCH3 is 1. The molecule has 1 atom stereocenters. The van der Waals surface area contributed by atoms with Crippen molar-refractivity contribution in [2.45, 2.75) is 27.2 Å².